The minimum atomic E-state index is -0.258. The molecule has 1 rings (SSSR count). The van der Waals surface area contributed by atoms with Gasteiger partial charge in [-0.15, -0.1) is 0 Å². The van der Waals surface area contributed by atoms with E-state index >= 15 is 0 Å². The first-order chi connectivity index (χ1) is 10.7. The molecular weight excluding hydrogens is 274 g/mol. The van der Waals surface area contributed by atoms with E-state index in [-0.39, 0.29) is 6.10 Å². The first kappa shape index (κ1) is 18.8. The summed E-state index contributed by atoms with van der Waals surface area (Å²) >= 11 is 0. The third-order valence-electron chi connectivity index (χ3n) is 3.74. The molecule has 0 heterocycles. The van der Waals surface area contributed by atoms with E-state index in [9.17, 15) is 5.11 Å². The van der Waals surface area contributed by atoms with Crippen LogP contribution in [0.2, 0.25) is 0 Å². The smallest absolute Gasteiger partial charge is 0.121 e. The summed E-state index contributed by atoms with van der Waals surface area (Å²) < 4.78 is 5.73. The van der Waals surface area contributed by atoms with Gasteiger partial charge in [0, 0.05) is 24.8 Å². The number of aliphatic hydroxyl groups excluding tert-OH is 1. The highest BCUT2D eigenvalue weighted by atomic mass is 16.5. The van der Waals surface area contributed by atoms with Crippen molar-refractivity contribution in [1.82, 2.24) is 0 Å². The van der Waals surface area contributed by atoms with Gasteiger partial charge in [0.05, 0.1) is 12.7 Å². The van der Waals surface area contributed by atoms with Crippen LogP contribution < -0.4 is 9.64 Å². The highest BCUT2D eigenvalue weighted by Crippen LogP contribution is 2.22. The molecule has 0 fully saturated rings. The number of rotatable bonds is 12. The molecular formula is C19H33NO2. The predicted molar refractivity (Wildman–Crippen MR) is 94.9 cm³/mol. The van der Waals surface area contributed by atoms with E-state index in [1.165, 1.54) is 12.8 Å². The van der Waals surface area contributed by atoms with Gasteiger partial charge in [0.1, 0.15) is 5.75 Å². The molecule has 0 bridgehead atoms. The van der Waals surface area contributed by atoms with Crippen LogP contribution in [0.3, 0.4) is 0 Å². The van der Waals surface area contributed by atoms with Gasteiger partial charge in [-0.05, 0) is 31.4 Å². The highest BCUT2D eigenvalue weighted by molar-refractivity contribution is 5.50. The van der Waals surface area contributed by atoms with Crippen LogP contribution in [0.25, 0.3) is 0 Å². The molecule has 0 amide bonds. The summed E-state index contributed by atoms with van der Waals surface area (Å²) in [7, 11) is 0. The molecule has 126 valence electrons. The van der Waals surface area contributed by atoms with E-state index in [1.807, 2.05) is 12.1 Å². The van der Waals surface area contributed by atoms with E-state index in [2.05, 4.69) is 37.8 Å². The van der Waals surface area contributed by atoms with E-state index in [0.29, 0.717) is 6.54 Å². The van der Waals surface area contributed by atoms with Gasteiger partial charge >= 0.3 is 0 Å². The minimum Gasteiger partial charge on any atom is -0.494 e. The summed E-state index contributed by atoms with van der Waals surface area (Å²) in [5.74, 6) is 0.921. The van der Waals surface area contributed by atoms with Gasteiger partial charge in [-0.1, -0.05) is 46.1 Å². The molecule has 3 heteroatoms. The number of anilines is 1. The third kappa shape index (κ3) is 7.17. The van der Waals surface area contributed by atoms with Gasteiger partial charge in [-0.25, -0.2) is 0 Å². The number of benzene rings is 1. The fourth-order valence-corrected chi connectivity index (χ4v) is 2.55. The number of aliphatic hydroxyl groups is 1. The first-order valence-corrected chi connectivity index (χ1v) is 8.87. The molecule has 0 aromatic heterocycles. The molecule has 0 aliphatic heterocycles. The maximum atomic E-state index is 10.2. The van der Waals surface area contributed by atoms with E-state index in [0.717, 1.165) is 50.3 Å². The molecule has 1 N–H and O–H groups in total. The Morgan fingerprint density at radius 3 is 2.59 bits per heavy atom. The summed E-state index contributed by atoms with van der Waals surface area (Å²) in [6.45, 7) is 8.89. The normalized spacial score (nSPS) is 12.2. The summed E-state index contributed by atoms with van der Waals surface area (Å²) in [6, 6.07) is 8.26. The van der Waals surface area contributed by atoms with E-state index in [1.54, 1.807) is 0 Å². The van der Waals surface area contributed by atoms with Crippen molar-refractivity contribution in [2.24, 2.45) is 0 Å². The van der Waals surface area contributed by atoms with Gasteiger partial charge in [-0.2, -0.15) is 0 Å². The van der Waals surface area contributed by atoms with Crippen LogP contribution >= 0.6 is 0 Å². The average Bonchev–Trinajstić information content (AvgIpc) is 2.52. The number of hydrogen-bond donors (Lipinski definition) is 1. The molecule has 1 atom stereocenters. The molecule has 1 aromatic rings. The molecule has 0 spiro atoms. The standard InChI is InChI=1S/C19H33NO2/c1-4-7-8-13-20(16-18(21)10-5-2)17-11-9-12-19(15-17)22-14-6-3/h9,11-12,15,18,21H,4-8,10,13-14,16H2,1-3H3. The van der Waals surface area contributed by atoms with Gasteiger partial charge < -0.3 is 14.7 Å². The third-order valence-corrected chi connectivity index (χ3v) is 3.74. The quantitative estimate of drug-likeness (QED) is 0.571. The molecule has 1 aromatic carbocycles. The fourth-order valence-electron chi connectivity index (χ4n) is 2.55. The van der Waals surface area contributed by atoms with Crippen molar-refractivity contribution >= 4 is 5.69 Å². The average molecular weight is 307 g/mol. The highest BCUT2D eigenvalue weighted by Gasteiger charge is 2.12. The van der Waals surface area contributed by atoms with Crippen LogP contribution in [0.5, 0.6) is 5.75 Å². The van der Waals surface area contributed by atoms with Crippen LogP contribution in [0.4, 0.5) is 5.69 Å². The van der Waals surface area contributed by atoms with Crippen LogP contribution in [-0.4, -0.2) is 30.9 Å². The Labute approximate surface area is 136 Å². The Kier molecular flexibility index (Phi) is 9.72. The Bertz CT molecular complexity index is 395. The van der Waals surface area contributed by atoms with Crippen molar-refractivity contribution in [2.45, 2.75) is 65.4 Å². The van der Waals surface area contributed by atoms with Gasteiger partial charge in [0.25, 0.3) is 0 Å². The molecule has 0 aliphatic rings. The zero-order chi connectivity index (χ0) is 16.2. The lowest BCUT2D eigenvalue weighted by molar-refractivity contribution is 0.168. The van der Waals surface area contributed by atoms with Gasteiger partial charge in [-0.3, -0.25) is 0 Å². The van der Waals surface area contributed by atoms with Crippen molar-refractivity contribution in [3.63, 3.8) is 0 Å². The van der Waals surface area contributed by atoms with Crippen molar-refractivity contribution in [2.75, 3.05) is 24.6 Å². The van der Waals surface area contributed by atoms with Crippen molar-refractivity contribution in [1.29, 1.82) is 0 Å². The van der Waals surface area contributed by atoms with Crippen molar-refractivity contribution in [3.05, 3.63) is 24.3 Å². The van der Waals surface area contributed by atoms with Crippen molar-refractivity contribution < 1.29 is 9.84 Å². The second-order valence-corrected chi connectivity index (χ2v) is 5.94. The predicted octanol–water partition coefficient (Wildman–Crippen LogP) is 4.63. The molecule has 22 heavy (non-hydrogen) atoms. The Hall–Kier alpha value is -1.22. The number of unbranched alkanes of at least 4 members (excludes halogenated alkanes) is 2. The second kappa shape index (κ2) is 11.4. The molecule has 3 nitrogen and oxygen atoms in total. The lowest BCUT2D eigenvalue weighted by atomic mass is 10.1. The maximum Gasteiger partial charge on any atom is 0.121 e. The molecule has 0 saturated heterocycles. The number of nitrogens with zero attached hydrogens (tertiary/aromatic N) is 1. The fraction of sp³-hybridized carbons (Fsp3) is 0.684. The Balaban J connectivity index is 2.74. The largest absolute Gasteiger partial charge is 0.494 e. The lowest BCUT2D eigenvalue weighted by Gasteiger charge is -2.27. The zero-order valence-electron chi connectivity index (χ0n) is 14.6. The molecule has 0 radical (unpaired) electrons. The molecule has 0 saturated carbocycles. The molecule has 1 unspecified atom stereocenters. The first-order valence-electron chi connectivity index (χ1n) is 8.87. The minimum absolute atomic E-state index is 0.258. The van der Waals surface area contributed by atoms with Crippen LogP contribution in [0.1, 0.15) is 59.3 Å². The summed E-state index contributed by atoms with van der Waals surface area (Å²) in [6.07, 6.45) is 6.23. The van der Waals surface area contributed by atoms with Gasteiger partial charge in [0.15, 0.2) is 0 Å². The maximum absolute atomic E-state index is 10.2. The van der Waals surface area contributed by atoms with Crippen LogP contribution in [-0.2, 0) is 0 Å². The summed E-state index contributed by atoms with van der Waals surface area (Å²) in [5.41, 5.74) is 1.15. The van der Waals surface area contributed by atoms with E-state index in [4.69, 9.17) is 4.74 Å². The SMILES string of the molecule is CCCCCN(CC(O)CCC)c1cccc(OCCC)c1. The van der Waals surface area contributed by atoms with Crippen LogP contribution in [0.15, 0.2) is 24.3 Å². The summed E-state index contributed by atoms with van der Waals surface area (Å²) in [5, 5.41) is 10.2. The molecule has 0 aliphatic carbocycles. The van der Waals surface area contributed by atoms with Gasteiger partial charge in [0.2, 0.25) is 0 Å². The van der Waals surface area contributed by atoms with Crippen molar-refractivity contribution in [3.8, 4) is 5.75 Å². The topological polar surface area (TPSA) is 32.7 Å². The number of hydrogen-bond acceptors (Lipinski definition) is 3. The van der Waals surface area contributed by atoms with Crippen LogP contribution in [0, 0.1) is 0 Å². The number of ether oxygens (including phenoxy) is 1. The Morgan fingerprint density at radius 2 is 1.91 bits per heavy atom. The second-order valence-electron chi connectivity index (χ2n) is 5.94. The monoisotopic (exact) mass is 307 g/mol. The zero-order valence-corrected chi connectivity index (χ0v) is 14.6. The summed E-state index contributed by atoms with van der Waals surface area (Å²) in [4.78, 5) is 2.30. The Morgan fingerprint density at radius 1 is 1.09 bits per heavy atom. The lowest BCUT2D eigenvalue weighted by Crippen LogP contribution is -2.33. The van der Waals surface area contributed by atoms with E-state index < -0.39 is 0 Å².